The molecule has 2 heterocycles. The van der Waals surface area contributed by atoms with E-state index in [1.807, 2.05) is 18.8 Å². The number of thioether (sulfide) groups is 1. The molecular weight excluding hydrogens is 208 g/mol. The van der Waals surface area contributed by atoms with Gasteiger partial charge in [0.15, 0.2) is 0 Å². The van der Waals surface area contributed by atoms with E-state index in [9.17, 15) is 4.79 Å². The Balaban J connectivity index is 1.97. The fourth-order valence-corrected chi connectivity index (χ4v) is 3.66. The molecule has 0 aliphatic carbocycles. The number of carbonyl (C=O) groups excluding carboxylic acids is 1. The molecule has 0 aromatic rings. The van der Waals surface area contributed by atoms with Gasteiger partial charge < -0.3 is 10.2 Å². The van der Waals surface area contributed by atoms with Crippen LogP contribution < -0.4 is 5.32 Å². The highest BCUT2D eigenvalue weighted by molar-refractivity contribution is 7.99. The molecule has 86 valence electrons. The van der Waals surface area contributed by atoms with Crippen molar-refractivity contribution in [1.82, 2.24) is 10.2 Å². The quantitative estimate of drug-likeness (QED) is 0.768. The molecular formula is C11H20N2OS. The van der Waals surface area contributed by atoms with Crippen LogP contribution in [0.3, 0.4) is 0 Å². The lowest BCUT2D eigenvalue weighted by Gasteiger charge is -2.39. The molecule has 1 N–H and O–H groups in total. The van der Waals surface area contributed by atoms with Gasteiger partial charge in [-0.1, -0.05) is 0 Å². The number of hydrogen-bond acceptors (Lipinski definition) is 3. The monoisotopic (exact) mass is 228 g/mol. The zero-order chi connectivity index (χ0) is 10.7. The molecule has 4 heteroatoms. The van der Waals surface area contributed by atoms with E-state index in [1.165, 1.54) is 18.6 Å². The van der Waals surface area contributed by atoms with Crippen LogP contribution in [0.4, 0.5) is 0 Å². The normalized spacial score (nSPS) is 33.1. The Morgan fingerprint density at radius 2 is 2.27 bits per heavy atom. The van der Waals surface area contributed by atoms with E-state index in [-0.39, 0.29) is 6.04 Å². The minimum Gasteiger partial charge on any atom is -0.338 e. The maximum atomic E-state index is 12.1. The first-order chi connectivity index (χ1) is 7.33. The third kappa shape index (κ3) is 2.48. The molecule has 3 nitrogen and oxygen atoms in total. The van der Waals surface area contributed by atoms with Crippen LogP contribution in [0.15, 0.2) is 0 Å². The Morgan fingerprint density at radius 1 is 1.40 bits per heavy atom. The lowest BCUT2D eigenvalue weighted by molar-refractivity contribution is -0.138. The lowest BCUT2D eigenvalue weighted by Crippen LogP contribution is -2.54. The summed E-state index contributed by atoms with van der Waals surface area (Å²) in [7, 11) is 1.89. The highest BCUT2D eigenvalue weighted by Gasteiger charge is 2.32. The third-order valence-electron chi connectivity index (χ3n) is 3.40. The van der Waals surface area contributed by atoms with Crippen LogP contribution in [0.1, 0.15) is 25.7 Å². The number of likely N-dealkylation sites (tertiary alicyclic amines) is 1. The summed E-state index contributed by atoms with van der Waals surface area (Å²) in [6, 6.07) is 0.582. The molecule has 15 heavy (non-hydrogen) atoms. The van der Waals surface area contributed by atoms with Crippen molar-refractivity contribution in [3.05, 3.63) is 0 Å². The van der Waals surface area contributed by atoms with Crippen LogP contribution in [0.5, 0.6) is 0 Å². The molecule has 0 radical (unpaired) electrons. The van der Waals surface area contributed by atoms with Gasteiger partial charge in [0, 0.05) is 18.3 Å². The second kappa shape index (κ2) is 5.21. The van der Waals surface area contributed by atoms with Crippen molar-refractivity contribution < 1.29 is 4.79 Å². The van der Waals surface area contributed by atoms with Crippen molar-refractivity contribution >= 4 is 17.7 Å². The van der Waals surface area contributed by atoms with Crippen molar-refractivity contribution in [1.29, 1.82) is 0 Å². The number of carbonyl (C=O) groups is 1. The first-order valence-corrected chi connectivity index (χ1v) is 7.04. The molecule has 2 rings (SSSR count). The van der Waals surface area contributed by atoms with Crippen molar-refractivity contribution in [2.24, 2.45) is 0 Å². The average molecular weight is 228 g/mol. The number of likely N-dealkylation sites (N-methyl/N-ethyl adjacent to an activating group) is 1. The molecule has 2 fully saturated rings. The van der Waals surface area contributed by atoms with Crippen molar-refractivity contribution in [3.63, 3.8) is 0 Å². The first-order valence-electron chi connectivity index (χ1n) is 5.88. The van der Waals surface area contributed by atoms with Gasteiger partial charge in [-0.25, -0.2) is 0 Å². The maximum Gasteiger partial charge on any atom is 0.239 e. The van der Waals surface area contributed by atoms with Gasteiger partial charge in [0.2, 0.25) is 5.91 Å². The molecule has 0 aromatic carbocycles. The van der Waals surface area contributed by atoms with Gasteiger partial charge >= 0.3 is 0 Å². The summed E-state index contributed by atoms with van der Waals surface area (Å²) in [6.07, 6.45) is 4.63. The number of amides is 1. The largest absolute Gasteiger partial charge is 0.338 e. The lowest BCUT2D eigenvalue weighted by atomic mass is 10.0. The Labute approximate surface area is 96.0 Å². The van der Waals surface area contributed by atoms with Crippen molar-refractivity contribution in [3.8, 4) is 0 Å². The third-order valence-corrected chi connectivity index (χ3v) is 4.60. The van der Waals surface area contributed by atoms with E-state index in [0.717, 1.165) is 25.1 Å². The zero-order valence-corrected chi connectivity index (χ0v) is 10.2. The van der Waals surface area contributed by atoms with Gasteiger partial charge in [-0.15, -0.1) is 0 Å². The Kier molecular flexibility index (Phi) is 3.92. The van der Waals surface area contributed by atoms with Gasteiger partial charge in [0.05, 0.1) is 6.04 Å². The minimum atomic E-state index is 0.0747. The molecule has 2 saturated heterocycles. The fourth-order valence-electron chi connectivity index (χ4n) is 2.50. The van der Waals surface area contributed by atoms with E-state index < -0.39 is 0 Å². The molecule has 2 aliphatic rings. The highest BCUT2D eigenvalue weighted by Crippen LogP contribution is 2.24. The smallest absolute Gasteiger partial charge is 0.239 e. The van der Waals surface area contributed by atoms with Crippen LogP contribution in [0.25, 0.3) is 0 Å². The topological polar surface area (TPSA) is 32.3 Å². The summed E-state index contributed by atoms with van der Waals surface area (Å²) in [5, 5.41) is 3.12. The van der Waals surface area contributed by atoms with E-state index in [1.54, 1.807) is 0 Å². The van der Waals surface area contributed by atoms with Crippen LogP contribution in [-0.4, -0.2) is 48.0 Å². The number of piperidine rings is 1. The molecule has 0 bridgehead atoms. The second-order valence-electron chi connectivity index (χ2n) is 4.39. The fraction of sp³-hybridized carbons (Fsp3) is 0.909. The summed E-state index contributed by atoms with van der Waals surface area (Å²) < 4.78 is 0. The van der Waals surface area contributed by atoms with Crippen molar-refractivity contribution in [2.75, 3.05) is 25.1 Å². The zero-order valence-electron chi connectivity index (χ0n) is 9.37. The molecule has 2 atom stereocenters. The summed E-state index contributed by atoms with van der Waals surface area (Å²) in [5.41, 5.74) is 0. The van der Waals surface area contributed by atoms with Crippen LogP contribution in [0, 0.1) is 0 Å². The van der Waals surface area contributed by atoms with Crippen LogP contribution in [0.2, 0.25) is 0 Å². The summed E-state index contributed by atoms with van der Waals surface area (Å²) in [5.74, 6) is 2.74. The second-order valence-corrected chi connectivity index (χ2v) is 5.54. The van der Waals surface area contributed by atoms with E-state index in [4.69, 9.17) is 0 Å². The number of rotatable bonds is 2. The SMILES string of the molecule is CNC1CCCN(C2CCCSC2)C1=O. The van der Waals surface area contributed by atoms with Gasteiger partial charge in [-0.3, -0.25) is 4.79 Å². The van der Waals surface area contributed by atoms with E-state index in [0.29, 0.717) is 11.9 Å². The Morgan fingerprint density at radius 3 is 2.93 bits per heavy atom. The van der Waals surface area contributed by atoms with E-state index in [2.05, 4.69) is 10.2 Å². The number of nitrogens with one attached hydrogen (secondary N) is 1. The number of nitrogens with zero attached hydrogens (tertiary/aromatic N) is 1. The van der Waals surface area contributed by atoms with Gasteiger partial charge in [-0.05, 0) is 38.5 Å². The molecule has 1 amide bonds. The molecule has 0 aromatic heterocycles. The molecule has 2 unspecified atom stereocenters. The van der Waals surface area contributed by atoms with Crippen LogP contribution >= 0.6 is 11.8 Å². The molecule has 0 saturated carbocycles. The maximum absolute atomic E-state index is 12.1. The standard InChI is InChI=1S/C11H20N2OS/c1-12-10-5-2-6-13(11(10)14)9-4-3-7-15-8-9/h9-10,12H,2-8H2,1H3. The molecule has 2 aliphatic heterocycles. The Hall–Kier alpha value is -0.220. The summed E-state index contributed by atoms with van der Waals surface area (Å²) in [6.45, 7) is 0.974. The predicted molar refractivity (Wildman–Crippen MR) is 64.1 cm³/mol. The molecule has 0 spiro atoms. The van der Waals surface area contributed by atoms with Crippen molar-refractivity contribution in [2.45, 2.75) is 37.8 Å². The van der Waals surface area contributed by atoms with Gasteiger partial charge in [0.25, 0.3) is 0 Å². The average Bonchev–Trinajstić information content (AvgIpc) is 2.30. The number of hydrogen-bond donors (Lipinski definition) is 1. The Bertz CT molecular complexity index is 229. The van der Waals surface area contributed by atoms with E-state index >= 15 is 0 Å². The summed E-state index contributed by atoms with van der Waals surface area (Å²) in [4.78, 5) is 14.2. The van der Waals surface area contributed by atoms with Crippen LogP contribution in [-0.2, 0) is 4.79 Å². The minimum absolute atomic E-state index is 0.0747. The first kappa shape index (κ1) is 11.3. The highest BCUT2D eigenvalue weighted by atomic mass is 32.2. The van der Waals surface area contributed by atoms with Gasteiger partial charge in [-0.2, -0.15) is 11.8 Å². The predicted octanol–water partition coefficient (Wildman–Crippen LogP) is 1.09. The summed E-state index contributed by atoms with van der Waals surface area (Å²) >= 11 is 1.99. The van der Waals surface area contributed by atoms with Gasteiger partial charge in [0.1, 0.15) is 0 Å².